The summed E-state index contributed by atoms with van der Waals surface area (Å²) in [5, 5.41) is 2.62. The van der Waals surface area contributed by atoms with Crippen LogP contribution < -0.4 is 15.8 Å². The number of nitrogens with one attached hydrogen (secondary N) is 1. The Morgan fingerprint density at radius 1 is 1.53 bits per heavy atom. The molecular weight excluding hydrogens is 230 g/mol. The molecule has 0 aromatic heterocycles. The van der Waals surface area contributed by atoms with Crippen molar-refractivity contribution in [2.75, 3.05) is 6.54 Å². The van der Waals surface area contributed by atoms with Crippen LogP contribution in [0.1, 0.15) is 17.3 Å². The highest BCUT2D eigenvalue weighted by atomic mass is 19.3. The van der Waals surface area contributed by atoms with E-state index in [0.29, 0.717) is 6.54 Å². The monoisotopic (exact) mass is 244 g/mol. The van der Waals surface area contributed by atoms with Crippen LogP contribution in [0.15, 0.2) is 24.3 Å². The lowest BCUT2D eigenvalue weighted by Crippen LogP contribution is -2.37. The molecule has 0 spiro atoms. The van der Waals surface area contributed by atoms with Gasteiger partial charge < -0.3 is 15.8 Å². The average Bonchev–Trinajstić information content (AvgIpc) is 2.28. The second kappa shape index (κ2) is 6.15. The zero-order valence-electron chi connectivity index (χ0n) is 9.32. The Kier molecular flexibility index (Phi) is 4.84. The Balaban J connectivity index is 2.73. The van der Waals surface area contributed by atoms with Crippen LogP contribution in [0, 0.1) is 0 Å². The van der Waals surface area contributed by atoms with Gasteiger partial charge in [0, 0.05) is 18.2 Å². The van der Waals surface area contributed by atoms with Crippen molar-refractivity contribution >= 4 is 5.91 Å². The van der Waals surface area contributed by atoms with E-state index in [-0.39, 0.29) is 23.3 Å². The summed E-state index contributed by atoms with van der Waals surface area (Å²) in [5.41, 5.74) is 5.61. The van der Waals surface area contributed by atoms with Gasteiger partial charge in [0.25, 0.3) is 5.91 Å². The number of ether oxygens (including phenoxy) is 1. The first-order valence-electron chi connectivity index (χ1n) is 5.08. The molecule has 94 valence electrons. The smallest absolute Gasteiger partial charge is 0.387 e. The molecule has 0 fully saturated rings. The zero-order valence-corrected chi connectivity index (χ0v) is 9.32. The number of carbonyl (C=O) groups excluding carboxylic acids is 1. The second-order valence-electron chi connectivity index (χ2n) is 3.52. The Labute approximate surface area is 97.8 Å². The maximum absolute atomic E-state index is 12.0. The van der Waals surface area contributed by atoms with E-state index in [1.165, 1.54) is 24.3 Å². The van der Waals surface area contributed by atoms with Gasteiger partial charge in [0.2, 0.25) is 0 Å². The molecule has 1 amide bonds. The number of rotatable bonds is 5. The molecule has 1 atom stereocenters. The molecule has 4 nitrogen and oxygen atoms in total. The van der Waals surface area contributed by atoms with Crippen molar-refractivity contribution in [3.63, 3.8) is 0 Å². The maximum Gasteiger partial charge on any atom is 0.387 e. The van der Waals surface area contributed by atoms with Crippen LogP contribution in [0.5, 0.6) is 5.75 Å². The number of benzene rings is 1. The number of hydrogen-bond acceptors (Lipinski definition) is 3. The van der Waals surface area contributed by atoms with E-state index in [0.717, 1.165) is 0 Å². The van der Waals surface area contributed by atoms with E-state index in [1.54, 1.807) is 6.92 Å². The summed E-state index contributed by atoms with van der Waals surface area (Å²) in [4.78, 5) is 11.6. The zero-order chi connectivity index (χ0) is 12.8. The fraction of sp³-hybridized carbons (Fsp3) is 0.364. The van der Waals surface area contributed by atoms with Crippen LogP contribution in [-0.2, 0) is 0 Å². The number of nitrogens with two attached hydrogens (primary N) is 1. The minimum Gasteiger partial charge on any atom is -0.435 e. The van der Waals surface area contributed by atoms with E-state index in [2.05, 4.69) is 10.1 Å². The molecule has 0 bridgehead atoms. The molecular formula is C11H14F2N2O2. The quantitative estimate of drug-likeness (QED) is 0.822. The van der Waals surface area contributed by atoms with Gasteiger partial charge in [0.1, 0.15) is 5.75 Å². The number of halogens is 2. The van der Waals surface area contributed by atoms with Crippen molar-refractivity contribution in [3.8, 4) is 5.75 Å². The van der Waals surface area contributed by atoms with E-state index in [4.69, 9.17) is 5.73 Å². The lowest BCUT2D eigenvalue weighted by atomic mass is 10.2. The molecule has 0 heterocycles. The second-order valence-corrected chi connectivity index (χ2v) is 3.52. The molecule has 3 N–H and O–H groups in total. The summed E-state index contributed by atoms with van der Waals surface area (Å²) in [6, 6.07) is 5.42. The average molecular weight is 244 g/mol. The van der Waals surface area contributed by atoms with Crippen LogP contribution in [0.2, 0.25) is 0 Å². The molecule has 0 aliphatic heterocycles. The summed E-state index contributed by atoms with van der Waals surface area (Å²) in [5.74, 6) is -0.421. The topological polar surface area (TPSA) is 64.3 Å². The Morgan fingerprint density at radius 2 is 2.24 bits per heavy atom. The first-order valence-corrected chi connectivity index (χ1v) is 5.08. The molecule has 17 heavy (non-hydrogen) atoms. The third kappa shape index (κ3) is 4.36. The van der Waals surface area contributed by atoms with E-state index >= 15 is 0 Å². The highest BCUT2D eigenvalue weighted by Crippen LogP contribution is 2.15. The van der Waals surface area contributed by atoms with Crippen LogP contribution in [0.4, 0.5) is 8.78 Å². The minimum atomic E-state index is -2.91. The van der Waals surface area contributed by atoms with Crippen LogP contribution in [0.3, 0.4) is 0 Å². The van der Waals surface area contributed by atoms with Gasteiger partial charge in [-0.25, -0.2) is 0 Å². The first-order chi connectivity index (χ1) is 8.02. The fourth-order valence-electron chi connectivity index (χ4n) is 1.18. The molecule has 1 aromatic carbocycles. The van der Waals surface area contributed by atoms with Crippen molar-refractivity contribution in [3.05, 3.63) is 29.8 Å². The lowest BCUT2D eigenvalue weighted by molar-refractivity contribution is -0.0498. The number of alkyl halides is 2. The molecule has 0 aliphatic carbocycles. The highest BCUT2D eigenvalue weighted by Gasteiger charge is 2.11. The van der Waals surface area contributed by atoms with Crippen LogP contribution >= 0.6 is 0 Å². The largest absolute Gasteiger partial charge is 0.435 e. The number of amides is 1. The molecule has 0 saturated heterocycles. The van der Waals surface area contributed by atoms with Gasteiger partial charge in [-0.15, -0.1) is 0 Å². The summed E-state index contributed by atoms with van der Waals surface area (Å²) in [6.07, 6.45) is 0. The van der Waals surface area contributed by atoms with Gasteiger partial charge in [0.05, 0.1) is 0 Å². The molecule has 1 unspecified atom stereocenters. The molecule has 6 heteroatoms. The van der Waals surface area contributed by atoms with Gasteiger partial charge in [-0.3, -0.25) is 4.79 Å². The highest BCUT2D eigenvalue weighted by molar-refractivity contribution is 5.94. The standard InChI is InChI=1S/C11H14F2N2O2/c1-7(6-14)15-10(16)8-3-2-4-9(5-8)17-11(12)13/h2-5,7,11H,6,14H2,1H3,(H,15,16). The first kappa shape index (κ1) is 13.4. The summed E-state index contributed by atoms with van der Waals surface area (Å²) < 4.78 is 28.2. The van der Waals surface area contributed by atoms with Crippen molar-refractivity contribution < 1.29 is 18.3 Å². The minimum absolute atomic E-state index is 0.0481. The van der Waals surface area contributed by atoms with E-state index < -0.39 is 6.61 Å². The molecule has 0 saturated carbocycles. The van der Waals surface area contributed by atoms with E-state index in [9.17, 15) is 13.6 Å². The predicted molar refractivity (Wildman–Crippen MR) is 59.1 cm³/mol. The summed E-state index contributed by atoms with van der Waals surface area (Å²) in [6.45, 7) is -0.854. The van der Waals surface area contributed by atoms with Crippen molar-refractivity contribution in [1.29, 1.82) is 0 Å². The predicted octanol–water partition coefficient (Wildman–Crippen LogP) is 1.36. The number of carbonyl (C=O) groups is 1. The normalized spacial score (nSPS) is 12.3. The SMILES string of the molecule is CC(CN)NC(=O)c1cccc(OC(F)F)c1. The molecule has 1 rings (SSSR count). The van der Waals surface area contributed by atoms with Crippen molar-refractivity contribution in [1.82, 2.24) is 5.32 Å². The molecule has 0 radical (unpaired) electrons. The third-order valence-corrected chi connectivity index (χ3v) is 2.05. The van der Waals surface area contributed by atoms with Gasteiger partial charge in [-0.2, -0.15) is 8.78 Å². The van der Waals surface area contributed by atoms with Crippen LogP contribution in [-0.4, -0.2) is 25.1 Å². The van der Waals surface area contributed by atoms with Gasteiger partial charge in [-0.1, -0.05) is 6.07 Å². The van der Waals surface area contributed by atoms with Gasteiger partial charge >= 0.3 is 6.61 Å². The lowest BCUT2D eigenvalue weighted by Gasteiger charge is -2.12. The van der Waals surface area contributed by atoms with E-state index in [1.807, 2.05) is 0 Å². The Hall–Kier alpha value is -1.69. The Morgan fingerprint density at radius 3 is 2.82 bits per heavy atom. The summed E-state index contributed by atoms with van der Waals surface area (Å²) >= 11 is 0. The van der Waals surface area contributed by atoms with Crippen molar-refractivity contribution in [2.24, 2.45) is 5.73 Å². The van der Waals surface area contributed by atoms with Gasteiger partial charge in [0.15, 0.2) is 0 Å². The number of hydrogen-bond donors (Lipinski definition) is 2. The van der Waals surface area contributed by atoms with Gasteiger partial charge in [-0.05, 0) is 25.1 Å². The molecule has 1 aromatic rings. The van der Waals surface area contributed by atoms with Crippen molar-refractivity contribution in [2.45, 2.75) is 19.6 Å². The maximum atomic E-state index is 12.0. The Bertz CT molecular complexity index is 385. The summed E-state index contributed by atoms with van der Waals surface area (Å²) in [7, 11) is 0. The fourth-order valence-corrected chi connectivity index (χ4v) is 1.18. The molecule has 0 aliphatic rings. The van der Waals surface area contributed by atoms with Crippen LogP contribution in [0.25, 0.3) is 0 Å². The third-order valence-electron chi connectivity index (χ3n) is 2.05.